The summed E-state index contributed by atoms with van der Waals surface area (Å²) in [7, 11) is 0. The Kier molecular flexibility index (Phi) is 2.45. The number of esters is 2. The highest BCUT2D eigenvalue weighted by Crippen LogP contribution is 2.60. The largest absolute Gasteiger partial charge is 0.428 e. The van der Waals surface area contributed by atoms with E-state index < -0.39 is 0 Å². The van der Waals surface area contributed by atoms with Gasteiger partial charge in [-0.25, -0.2) is 0 Å². The molecule has 6 nitrogen and oxygen atoms in total. The van der Waals surface area contributed by atoms with Gasteiger partial charge >= 0.3 is 11.9 Å². The molecular formula is C17H20O6. The zero-order valence-corrected chi connectivity index (χ0v) is 12.8. The van der Waals surface area contributed by atoms with Crippen molar-refractivity contribution in [2.24, 2.45) is 35.5 Å². The minimum absolute atomic E-state index is 0.0643. The number of fused-ring (bicyclic) bond motifs is 10. The van der Waals surface area contributed by atoms with Gasteiger partial charge in [0.1, 0.15) is 0 Å². The predicted molar refractivity (Wildman–Crippen MR) is 73.8 cm³/mol. The number of carbonyl (C=O) groups is 2. The van der Waals surface area contributed by atoms with E-state index in [1.165, 1.54) is 0 Å². The molecule has 6 aliphatic rings. The molecule has 0 aromatic rings. The van der Waals surface area contributed by atoms with E-state index >= 15 is 0 Å². The third-order valence-corrected chi connectivity index (χ3v) is 7.20. The summed E-state index contributed by atoms with van der Waals surface area (Å²) in [6.45, 7) is -0.247. The number of ether oxygens (including phenoxy) is 4. The van der Waals surface area contributed by atoms with Gasteiger partial charge in [-0.05, 0) is 37.5 Å². The minimum atomic E-state index is -0.247. The average molecular weight is 320 g/mol. The van der Waals surface area contributed by atoms with Crippen LogP contribution in [0.15, 0.2) is 0 Å². The van der Waals surface area contributed by atoms with Crippen molar-refractivity contribution in [1.82, 2.24) is 0 Å². The van der Waals surface area contributed by atoms with Crippen LogP contribution >= 0.6 is 0 Å². The molecule has 0 aromatic heterocycles. The van der Waals surface area contributed by atoms with Crippen LogP contribution in [0.1, 0.15) is 25.7 Å². The fourth-order valence-electron chi connectivity index (χ4n) is 6.11. The van der Waals surface area contributed by atoms with Crippen molar-refractivity contribution < 1.29 is 28.5 Å². The van der Waals surface area contributed by atoms with Crippen LogP contribution in [0.25, 0.3) is 0 Å². The number of hydrogen-bond acceptors (Lipinski definition) is 6. The molecular weight excluding hydrogens is 300 g/mol. The van der Waals surface area contributed by atoms with Crippen LogP contribution in [0, 0.1) is 35.5 Å². The second-order valence-electron chi connectivity index (χ2n) is 8.18. The summed E-state index contributed by atoms with van der Waals surface area (Å²) in [5.74, 6) is 1.13. The molecule has 10 unspecified atom stereocenters. The Balaban J connectivity index is 1.00. The minimum Gasteiger partial charge on any atom is -0.428 e. The standard InChI is InChI=1S/C17H20O6/c18-16(10-3-6-1-8(10)14-12(6)22-14)20-5-21-17(19)11-4-7-2-9(11)15-13(7)23-15/h6-15H,1-5H2. The maximum atomic E-state index is 12.2. The highest BCUT2D eigenvalue weighted by molar-refractivity contribution is 5.75. The van der Waals surface area contributed by atoms with Crippen LogP contribution in [0.5, 0.6) is 0 Å². The maximum absolute atomic E-state index is 12.2. The molecule has 4 aliphatic carbocycles. The van der Waals surface area contributed by atoms with E-state index in [2.05, 4.69) is 0 Å². The number of hydrogen-bond donors (Lipinski definition) is 0. The Labute approximate surface area is 133 Å². The average Bonchev–Trinajstić information content (AvgIpc) is 3.38. The van der Waals surface area contributed by atoms with Gasteiger partial charge in [0, 0.05) is 11.8 Å². The summed E-state index contributed by atoms with van der Waals surface area (Å²) >= 11 is 0. The van der Waals surface area contributed by atoms with Crippen molar-refractivity contribution in [3.8, 4) is 0 Å². The lowest BCUT2D eigenvalue weighted by Crippen LogP contribution is -2.30. The summed E-state index contributed by atoms with van der Waals surface area (Å²) < 4.78 is 21.6. The summed E-state index contributed by atoms with van der Waals surface area (Å²) in [5, 5.41) is 0. The lowest BCUT2D eigenvalue weighted by atomic mass is 9.89. The van der Waals surface area contributed by atoms with Gasteiger partial charge in [-0.3, -0.25) is 9.59 Å². The van der Waals surface area contributed by atoms with E-state index in [1.54, 1.807) is 0 Å². The highest BCUT2D eigenvalue weighted by Gasteiger charge is 2.66. The first kappa shape index (κ1) is 13.2. The molecule has 6 fully saturated rings. The van der Waals surface area contributed by atoms with Crippen LogP contribution in [0.3, 0.4) is 0 Å². The third-order valence-electron chi connectivity index (χ3n) is 7.20. The zero-order valence-electron chi connectivity index (χ0n) is 12.8. The molecule has 0 radical (unpaired) electrons. The van der Waals surface area contributed by atoms with Crippen LogP contribution < -0.4 is 0 Å². The van der Waals surface area contributed by atoms with Crippen LogP contribution in [0.2, 0.25) is 0 Å². The quantitative estimate of drug-likeness (QED) is 0.435. The van der Waals surface area contributed by atoms with Crippen molar-refractivity contribution >= 4 is 11.9 Å². The first-order chi connectivity index (χ1) is 11.2. The Hall–Kier alpha value is -1.14. The fourth-order valence-corrected chi connectivity index (χ4v) is 6.11. The second-order valence-corrected chi connectivity index (χ2v) is 8.18. The Bertz CT molecular complexity index is 540. The molecule has 6 heteroatoms. The van der Waals surface area contributed by atoms with Crippen molar-refractivity contribution in [1.29, 1.82) is 0 Å². The first-order valence-electron chi connectivity index (χ1n) is 8.85. The molecule has 2 aliphatic heterocycles. The van der Waals surface area contributed by atoms with Gasteiger partial charge in [-0.2, -0.15) is 0 Å². The molecule has 0 aromatic carbocycles. The van der Waals surface area contributed by atoms with Gasteiger partial charge in [0.2, 0.25) is 6.79 Å². The Morgan fingerprint density at radius 3 is 1.61 bits per heavy atom. The van der Waals surface area contributed by atoms with Gasteiger partial charge in [0.15, 0.2) is 0 Å². The summed E-state index contributed by atoms with van der Waals surface area (Å²) in [4.78, 5) is 24.4. The molecule has 0 N–H and O–H groups in total. The lowest BCUT2D eigenvalue weighted by Gasteiger charge is -2.20. The summed E-state index contributed by atoms with van der Waals surface area (Å²) in [6.07, 6.45) is 5.30. The van der Waals surface area contributed by atoms with Gasteiger partial charge in [0.25, 0.3) is 0 Å². The van der Waals surface area contributed by atoms with E-state index in [0.717, 1.165) is 25.7 Å². The molecule has 23 heavy (non-hydrogen) atoms. The fraction of sp³-hybridized carbons (Fsp3) is 0.882. The molecule has 4 bridgehead atoms. The van der Waals surface area contributed by atoms with Gasteiger partial charge < -0.3 is 18.9 Å². The van der Waals surface area contributed by atoms with Crippen molar-refractivity contribution in [3.05, 3.63) is 0 Å². The Morgan fingerprint density at radius 2 is 1.22 bits per heavy atom. The maximum Gasteiger partial charge on any atom is 0.312 e. The smallest absolute Gasteiger partial charge is 0.312 e. The van der Waals surface area contributed by atoms with Crippen molar-refractivity contribution in [3.63, 3.8) is 0 Å². The normalized spacial score (nSPS) is 56.2. The van der Waals surface area contributed by atoms with E-state index in [4.69, 9.17) is 18.9 Å². The summed E-state index contributed by atoms with van der Waals surface area (Å²) in [6, 6.07) is 0. The zero-order chi connectivity index (χ0) is 15.3. The topological polar surface area (TPSA) is 77.7 Å². The monoisotopic (exact) mass is 320 g/mol. The molecule has 0 amide bonds. The molecule has 124 valence electrons. The molecule has 10 atom stereocenters. The van der Waals surface area contributed by atoms with E-state index in [-0.39, 0.29) is 42.8 Å². The van der Waals surface area contributed by atoms with Crippen molar-refractivity contribution in [2.75, 3.05) is 6.79 Å². The van der Waals surface area contributed by atoms with E-state index in [9.17, 15) is 9.59 Å². The summed E-state index contributed by atoms with van der Waals surface area (Å²) in [5.41, 5.74) is 0. The molecule has 2 heterocycles. The SMILES string of the molecule is O=C(OCOC(=O)C1CC2CC1C1OC21)C1CC2CC1C1OC21. The number of carbonyl (C=O) groups excluding carboxylic acids is 2. The predicted octanol–water partition coefficient (Wildman–Crippen LogP) is 0.877. The third kappa shape index (κ3) is 1.76. The van der Waals surface area contributed by atoms with Crippen LogP contribution in [-0.2, 0) is 28.5 Å². The molecule has 6 rings (SSSR count). The van der Waals surface area contributed by atoms with E-state index in [1.807, 2.05) is 0 Å². The van der Waals surface area contributed by atoms with Gasteiger partial charge in [-0.1, -0.05) is 0 Å². The highest BCUT2D eigenvalue weighted by atomic mass is 16.7. The molecule has 4 saturated carbocycles. The van der Waals surface area contributed by atoms with Gasteiger partial charge in [0.05, 0.1) is 36.3 Å². The number of epoxide rings is 2. The van der Waals surface area contributed by atoms with Crippen molar-refractivity contribution in [2.45, 2.75) is 50.1 Å². The molecule has 0 spiro atoms. The lowest BCUT2D eigenvalue weighted by molar-refractivity contribution is -0.174. The van der Waals surface area contributed by atoms with Gasteiger partial charge in [-0.15, -0.1) is 0 Å². The van der Waals surface area contributed by atoms with Crippen LogP contribution in [-0.4, -0.2) is 43.1 Å². The number of rotatable bonds is 4. The second kappa shape index (κ2) is 4.28. The first-order valence-corrected chi connectivity index (χ1v) is 8.85. The van der Waals surface area contributed by atoms with Crippen LogP contribution in [0.4, 0.5) is 0 Å². The van der Waals surface area contributed by atoms with E-state index in [0.29, 0.717) is 35.9 Å². The molecule has 2 saturated heterocycles. The Morgan fingerprint density at radius 1 is 0.739 bits per heavy atom.